The summed E-state index contributed by atoms with van der Waals surface area (Å²) in [5, 5.41) is 7.75. The van der Waals surface area contributed by atoms with Gasteiger partial charge in [-0.1, -0.05) is 13.0 Å². The fourth-order valence-corrected chi connectivity index (χ4v) is 3.88. The maximum atomic E-state index is 12.4. The van der Waals surface area contributed by atoms with Crippen LogP contribution in [0.1, 0.15) is 46.2 Å². The zero-order chi connectivity index (χ0) is 18.4. The van der Waals surface area contributed by atoms with E-state index in [9.17, 15) is 9.59 Å². The number of nitrogens with zero attached hydrogens (tertiary/aromatic N) is 1. The second kappa shape index (κ2) is 8.96. The van der Waals surface area contributed by atoms with Crippen LogP contribution >= 0.6 is 11.3 Å². The molecule has 0 spiro atoms. The Balaban J connectivity index is 1.52. The van der Waals surface area contributed by atoms with Crippen LogP contribution in [0, 0.1) is 0 Å². The van der Waals surface area contributed by atoms with E-state index < -0.39 is 0 Å². The quantitative estimate of drug-likeness (QED) is 0.782. The summed E-state index contributed by atoms with van der Waals surface area (Å²) in [7, 11) is 0. The summed E-state index contributed by atoms with van der Waals surface area (Å²) in [5.41, 5.74) is 1.29. The fraction of sp³-hybridized carbons (Fsp3) is 0.400. The molecule has 1 aliphatic rings. The number of anilines is 1. The highest BCUT2D eigenvalue weighted by Gasteiger charge is 2.21. The molecule has 1 aromatic heterocycles. The van der Waals surface area contributed by atoms with Crippen molar-refractivity contribution >= 4 is 28.8 Å². The first-order chi connectivity index (χ1) is 12.7. The number of likely N-dealkylation sites (tertiary alicyclic amines) is 1. The van der Waals surface area contributed by atoms with Crippen molar-refractivity contribution < 1.29 is 9.59 Å². The first kappa shape index (κ1) is 18.6. The Hall–Kier alpha value is -2.18. The highest BCUT2D eigenvalue weighted by Crippen LogP contribution is 2.15. The molecule has 5 nitrogen and oxygen atoms in total. The molecule has 1 atom stereocenters. The molecule has 3 rings (SSSR count). The number of amides is 2. The summed E-state index contributed by atoms with van der Waals surface area (Å²) in [5.74, 6) is -0.201. The molecule has 2 heterocycles. The average molecular weight is 372 g/mol. The third-order valence-corrected chi connectivity index (χ3v) is 5.65. The minimum Gasteiger partial charge on any atom is -0.350 e. The van der Waals surface area contributed by atoms with Gasteiger partial charge in [-0.05, 0) is 68.1 Å². The molecule has 138 valence electrons. The van der Waals surface area contributed by atoms with E-state index in [-0.39, 0.29) is 11.8 Å². The second-order valence-corrected chi connectivity index (χ2v) is 7.47. The number of thiophene rings is 1. The van der Waals surface area contributed by atoms with Crippen molar-refractivity contribution in [2.45, 2.75) is 32.2 Å². The smallest absolute Gasteiger partial charge is 0.265 e. The predicted molar refractivity (Wildman–Crippen MR) is 106 cm³/mol. The molecule has 26 heavy (non-hydrogen) atoms. The third kappa shape index (κ3) is 4.71. The van der Waals surface area contributed by atoms with E-state index in [2.05, 4.69) is 22.5 Å². The van der Waals surface area contributed by atoms with Crippen molar-refractivity contribution in [3.63, 3.8) is 0 Å². The Bertz CT molecular complexity index is 722. The van der Waals surface area contributed by atoms with Gasteiger partial charge in [0, 0.05) is 23.8 Å². The topological polar surface area (TPSA) is 61.4 Å². The van der Waals surface area contributed by atoms with Crippen LogP contribution in [0.5, 0.6) is 0 Å². The Morgan fingerprint density at radius 3 is 2.46 bits per heavy atom. The predicted octanol–water partition coefficient (Wildman–Crippen LogP) is 3.60. The van der Waals surface area contributed by atoms with Crippen LogP contribution in [0.3, 0.4) is 0 Å². The molecule has 2 amide bonds. The minimum atomic E-state index is -0.131. The van der Waals surface area contributed by atoms with Crippen LogP contribution in [0.4, 0.5) is 5.69 Å². The average Bonchev–Trinajstić information content (AvgIpc) is 3.37. The number of carbonyl (C=O) groups excluding carboxylic acids is 2. The van der Waals surface area contributed by atoms with Crippen LogP contribution in [0.2, 0.25) is 0 Å². The van der Waals surface area contributed by atoms with Gasteiger partial charge in [0.1, 0.15) is 0 Å². The van der Waals surface area contributed by atoms with E-state index >= 15 is 0 Å². The molecule has 1 saturated heterocycles. The van der Waals surface area contributed by atoms with Crippen molar-refractivity contribution in [1.82, 2.24) is 10.2 Å². The standard InChI is InChI=1S/C20H25N3O2S/c1-2-17(23-11-3-4-12-23)14-21-19(24)15-7-9-16(10-8-15)22-20(25)18-6-5-13-26-18/h5-10,13,17H,2-4,11-12,14H2,1H3,(H,21,24)(H,22,25). The maximum absolute atomic E-state index is 12.4. The van der Waals surface area contributed by atoms with E-state index in [1.165, 1.54) is 24.2 Å². The van der Waals surface area contributed by atoms with Gasteiger partial charge in [-0.2, -0.15) is 0 Å². The molecular formula is C20H25N3O2S. The Kier molecular flexibility index (Phi) is 6.41. The van der Waals surface area contributed by atoms with E-state index in [1.807, 2.05) is 11.4 Å². The van der Waals surface area contributed by atoms with Gasteiger partial charge in [-0.25, -0.2) is 0 Å². The van der Waals surface area contributed by atoms with Crippen LogP contribution in [-0.4, -0.2) is 42.4 Å². The summed E-state index contributed by atoms with van der Waals surface area (Å²) < 4.78 is 0. The lowest BCUT2D eigenvalue weighted by Crippen LogP contribution is -2.42. The highest BCUT2D eigenvalue weighted by molar-refractivity contribution is 7.12. The summed E-state index contributed by atoms with van der Waals surface area (Å²) in [6, 6.07) is 11.1. The molecule has 1 unspecified atom stereocenters. The molecule has 2 aromatic rings. The Morgan fingerprint density at radius 1 is 1.12 bits per heavy atom. The number of rotatable bonds is 7. The fourth-order valence-electron chi connectivity index (χ4n) is 3.26. The summed E-state index contributed by atoms with van der Waals surface area (Å²) in [6.07, 6.45) is 3.54. The van der Waals surface area contributed by atoms with Gasteiger partial charge in [-0.15, -0.1) is 11.3 Å². The largest absolute Gasteiger partial charge is 0.350 e. The Labute approximate surface area is 158 Å². The number of hydrogen-bond acceptors (Lipinski definition) is 4. The monoisotopic (exact) mass is 371 g/mol. The molecule has 0 saturated carbocycles. The summed E-state index contributed by atoms with van der Waals surface area (Å²) >= 11 is 1.40. The van der Waals surface area contributed by atoms with Crippen molar-refractivity contribution in [1.29, 1.82) is 0 Å². The van der Waals surface area contributed by atoms with Crippen LogP contribution in [0.25, 0.3) is 0 Å². The maximum Gasteiger partial charge on any atom is 0.265 e. The van der Waals surface area contributed by atoms with Crippen LogP contribution in [0.15, 0.2) is 41.8 Å². The van der Waals surface area contributed by atoms with Gasteiger partial charge < -0.3 is 10.6 Å². The van der Waals surface area contributed by atoms with Crippen LogP contribution in [-0.2, 0) is 0 Å². The first-order valence-electron chi connectivity index (χ1n) is 9.14. The number of benzene rings is 1. The normalized spacial score (nSPS) is 15.6. The highest BCUT2D eigenvalue weighted by atomic mass is 32.1. The number of carbonyl (C=O) groups is 2. The third-order valence-electron chi connectivity index (χ3n) is 4.78. The van der Waals surface area contributed by atoms with Crippen molar-refractivity contribution in [3.8, 4) is 0 Å². The second-order valence-electron chi connectivity index (χ2n) is 6.52. The van der Waals surface area contributed by atoms with E-state index in [1.54, 1.807) is 30.3 Å². The summed E-state index contributed by atoms with van der Waals surface area (Å²) in [4.78, 5) is 27.6. The molecule has 0 bridgehead atoms. The van der Waals surface area contributed by atoms with E-state index in [0.717, 1.165) is 19.5 Å². The molecule has 6 heteroatoms. The molecule has 0 radical (unpaired) electrons. The van der Waals surface area contributed by atoms with Crippen molar-refractivity contribution in [2.24, 2.45) is 0 Å². The molecule has 1 fully saturated rings. The van der Waals surface area contributed by atoms with Gasteiger partial charge in [0.25, 0.3) is 11.8 Å². The number of hydrogen-bond donors (Lipinski definition) is 2. The zero-order valence-corrected chi connectivity index (χ0v) is 15.8. The molecular weight excluding hydrogens is 346 g/mol. The lowest BCUT2D eigenvalue weighted by atomic mass is 10.1. The molecule has 0 aliphatic carbocycles. The molecule has 1 aromatic carbocycles. The lowest BCUT2D eigenvalue weighted by molar-refractivity contribution is 0.0936. The molecule has 2 N–H and O–H groups in total. The SMILES string of the molecule is CCC(CNC(=O)c1ccc(NC(=O)c2cccs2)cc1)N1CCCC1. The van der Waals surface area contributed by atoms with Gasteiger partial charge in [0.15, 0.2) is 0 Å². The lowest BCUT2D eigenvalue weighted by Gasteiger charge is -2.26. The van der Waals surface area contributed by atoms with Gasteiger partial charge >= 0.3 is 0 Å². The van der Waals surface area contributed by atoms with E-state index in [4.69, 9.17) is 0 Å². The first-order valence-corrected chi connectivity index (χ1v) is 10.0. The van der Waals surface area contributed by atoms with Crippen LogP contribution < -0.4 is 10.6 Å². The zero-order valence-electron chi connectivity index (χ0n) is 15.0. The molecule has 1 aliphatic heterocycles. The van der Waals surface area contributed by atoms with Gasteiger partial charge in [0.05, 0.1) is 4.88 Å². The van der Waals surface area contributed by atoms with E-state index in [0.29, 0.717) is 28.7 Å². The van der Waals surface area contributed by atoms with Crippen molar-refractivity contribution in [3.05, 3.63) is 52.2 Å². The Morgan fingerprint density at radius 2 is 1.85 bits per heavy atom. The van der Waals surface area contributed by atoms with Gasteiger partial charge in [0.2, 0.25) is 0 Å². The number of nitrogens with one attached hydrogen (secondary N) is 2. The summed E-state index contributed by atoms with van der Waals surface area (Å²) in [6.45, 7) is 5.10. The van der Waals surface area contributed by atoms with Crippen molar-refractivity contribution in [2.75, 3.05) is 25.0 Å². The van der Waals surface area contributed by atoms with Gasteiger partial charge in [-0.3, -0.25) is 14.5 Å². The minimum absolute atomic E-state index is 0.0706.